The monoisotopic (exact) mass is 418 g/mol. The minimum absolute atomic E-state index is 0.268. The van der Waals surface area contributed by atoms with E-state index in [1.54, 1.807) is 36.0 Å². The Kier molecular flexibility index (Phi) is 5.75. The first kappa shape index (κ1) is 20.7. The van der Waals surface area contributed by atoms with Crippen LogP contribution in [0.15, 0.2) is 54.6 Å². The van der Waals surface area contributed by atoms with E-state index in [4.69, 9.17) is 4.74 Å². The van der Waals surface area contributed by atoms with E-state index in [0.29, 0.717) is 18.0 Å². The number of rotatable bonds is 6. The minimum atomic E-state index is -0.773. The lowest BCUT2D eigenvalue weighted by molar-refractivity contribution is -0.118. The highest BCUT2D eigenvalue weighted by Gasteiger charge is 2.41. The van der Waals surface area contributed by atoms with Crippen LogP contribution in [0.1, 0.15) is 46.4 Å². The maximum atomic E-state index is 13.1. The summed E-state index contributed by atoms with van der Waals surface area (Å²) < 4.78 is 7.37. The zero-order valence-corrected chi connectivity index (χ0v) is 17.9. The maximum absolute atomic E-state index is 13.1. The first-order valence-electron chi connectivity index (χ1n) is 10.4. The Balaban J connectivity index is 1.73. The van der Waals surface area contributed by atoms with Gasteiger partial charge >= 0.3 is 0 Å². The highest BCUT2D eigenvalue weighted by atomic mass is 16.5. The molecule has 0 aliphatic carbocycles. The van der Waals surface area contributed by atoms with Gasteiger partial charge in [0.1, 0.15) is 17.6 Å². The Hall–Kier alpha value is -3.61. The summed E-state index contributed by atoms with van der Waals surface area (Å²) in [7, 11) is 1.80. The van der Waals surface area contributed by atoms with Crippen molar-refractivity contribution in [1.29, 1.82) is 0 Å². The Bertz CT molecular complexity index is 1090. The van der Waals surface area contributed by atoms with Crippen molar-refractivity contribution in [3.63, 3.8) is 0 Å². The molecule has 2 atom stereocenters. The number of anilines is 1. The van der Waals surface area contributed by atoms with Crippen LogP contribution in [0.25, 0.3) is 0 Å². The second-order valence-electron chi connectivity index (χ2n) is 7.67. The molecule has 0 fully saturated rings. The fourth-order valence-corrected chi connectivity index (χ4v) is 4.02. The van der Waals surface area contributed by atoms with Crippen molar-refractivity contribution in [3.8, 4) is 5.75 Å². The molecule has 3 aromatic rings. The third kappa shape index (κ3) is 4.03. The molecule has 2 amide bonds. The fourth-order valence-electron chi connectivity index (χ4n) is 4.02. The molecule has 2 aromatic carbocycles. The summed E-state index contributed by atoms with van der Waals surface area (Å²) in [5.41, 5.74) is 3.14. The molecule has 31 heavy (non-hydrogen) atoms. The molecule has 1 aliphatic heterocycles. The summed E-state index contributed by atoms with van der Waals surface area (Å²) in [6.07, 6.45) is 0.927. The van der Waals surface area contributed by atoms with Crippen LogP contribution in [0, 0.1) is 6.92 Å². The van der Waals surface area contributed by atoms with Gasteiger partial charge in [-0.3, -0.25) is 14.3 Å². The summed E-state index contributed by atoms with van der Waals surface area (Å²) >= 11 is 0. The summed E-state index contributed by atoms with van der Waals surface area (Å²) in [5.74, 6) is 0.503. The van der Waals surface area contributed by atoms with E-state index in [-0.39, 0.29) is 17.7 Å². The molecule has 7 heteroatoms. The van der Waals surface area contributed by atoms with Crippen molar-refractivity contribution in [3.05, 3.63) is 77.0 Å². The third-order valence-electron chi connectivity index (χ3n) is 5.47. The Morgan fingerprint density at radius 1 is 1.16 bits per heavy atom. The molecule has 0 spiro atoms. The minimum Gasteiger partial charge on any atom is -0.494 e. The summed E-state index contributed by atoms with van der Waals surface area (Å²) in [5, 5.41) is 10.4. The summed E-state index contributed by atoms with van der Waals surface area (Å²) in [4.78, 5) is 26.0. The number of hydrogen-bond donors (Lipinski definition) is 2. The number of amides is 2. The molecule has 0 saturated carbocycles. The number of ether oxygens (including phenoxy) is 1. The zero-order chi connectivity index (χ0) is 22.0. The second kappa shape index (κ2) is 8.63. The number of nitrogens with one attached hydrogen (secondary N) is 2. The lowest BCUT2D eigenvalue weighted by atomic mass is 9.82. The zero-order valence-electron chi connectivity index (χ0n) is 17.9. The molecule has 0 bridgehead atoms. The number of hydrogen-bond acceptors (Lipinski definition) is 4. The van der Waals surface area contributed by atoms with Gasteiger partial charge in [0.25, 0.3) is 5.91 Å². The maximum Gasteiger partial charge on any atom is 0.251 e. The average molecular weight is 418 g/mol. The van der Waals surface area contributed by atoms with Gasteiger partial charge in [-0.15, -0.1) is 0 Å². The Morgan fingerprint density at radius 2 is 1.87 bits per heavy atom. The Labute approximate surface area is 181 Å². The standard InChI is InChI=1S/C24H26N4O3/c1-4-14-31-18-12-10-16(11-13-18)20-19-15(2)27-28(3)22(19)26-24(30)21(20)25-23(29)17-8-6-5-7-9-17/h5-13,20-21H,4,14H2,1-3H3,(H,25,29)(H,26,30)/t20-,21+/m1/s1. The molecule has 4 rings (SSSR count). The van der Waals surface area contributed by atoms with Gasteiger partial charge in [-0.05, 0) is 43.2 Å². The first-order valence-corrected chi connectivity index (χ1v) is 10.4. The average Bonchev–Trinajstić information content (AvgIpc) is 3.06. The smallest absolute Gasteiger partial charge is 0.251 e. The highest BCUT2D eigenvalue weighted by Crippen LogP contribution is 2.39. The molecular weight excluding hydrogens is 392 g/mol. The van der Waals surface area contributed by atoms with Crippen molar-refractivity contribution in [1.82, 2.24) is 15.1 Å². The van der Waals surface area contributed by atoms with Crippen LogP contribution in [-0.4, -0.2) is 34.2 Å². The molecule has 0 saturated heterocycles. The lowest BCUT2D eigenvalue weighted by Gasteiger charge is -2.32. The van der Waals surface area contributed by atoms with Gasteiger partial charge < -0.3 is 15.4 Å². The van der Waals surface area contributed by atoms with Crippen LogP contribution in [-0.2, 0) is 11.8 Å². The fraction of sp³-hybridized carbons (Fsp3) is 0.292. The van der Waals surface area contributed by atoms with E-state index in [2.05, 4.69) is 22.7 Å². The largest absolute Gasteiger partial charge is 0.494 e. The van der Waals surface area contributed by atoms with E-state index < -0.39 is 6.04 Å². The van der Waals surface area contributed by atoms with Gasteiger partial charge in [-0.25, -0.2) is 0 Å². The molecule has 1 aromatic heterocycles. The van der Waals surface area contributed by atoms with E-state index in [1.807, 2.05) is 37.3 Å². The van der Waals surface area contributed by atoms with E-state index in [1.165, 1.54) is 0 Å². The topological polar surface area (TPSA) is 85.2 Å². The van der Waals surface area contributed by atoms with Gasteiger partial charge in [-0.1, -0.05) is 37.3 Å². The van der Waals surface area contributed by atoms with Crippen molar-refractivity contribution in [2.24, 2.45) is 7.05 Å². The second-order valence-corrected chi connectivity index (χ2v) is 7.67. The van der Waals surface area contributed by atoms with Crippen molar-refractivity contribution < 1.29 is 14.3 Å². The van der Waals surface area contributed by atoms with Crippen LogP contribution in [0.3, 0.4) is 0 Å². The van der Waals surface area contributed by atoms with Gasteiger partial charge in [0.2, 0.25) is 5.91 Å². The highest BCUT2D eigenvalue weighted by molar-refractivity contribution is 6.03. The predicted octanol–water partition coefficient (Wildman–Crippen LogP) is 3.40. The van der Waals surface area contributed by atoms with Crippen molar-refractivity contribution in [2.75, 3.05) is 11.9 Å². The van der Waals surface area contributed by atoms with E-state index in [0.717, 1.165) is 29.0 Å². The van der Waals surface area contributed by atoms with Gasteiger partial charge in [0.05, 0.1) is 12.3 Å². The molecular formula is C24H26N4O3. The van der Waals surface area contributed by atoms with Gasteiger partial charge in [0, 0.05) is 24.1 Å². The van der Waals surface area contributed by atoms with Crippen LogP contribution in [0.5, 0.6) is 5.75 Å². The molecule has 1 aliphatic rings. The van der Waals surface area contributed by atoms with Crippen LogP contribution in [0.4, 0.5) is 5.82 Å². The number of fused-ring (bicyclic) bond motifs is 1. The van der Waals surface area contributed by atoms with Crippen LogP contribution < -0.4 is 15.4 Å². The number of benzene rings is 2. The molecule has 160 valence electrons. The lowest BCUT2D eigenvalue weighted by Crippen LogP contribution is -2.50. The number of aryl methyl sites for hydroxylation is 2. The van der Waals surface area contributed by atoms with E-state index >= 15 is 0 Å². The van der Waals surface area contributed by atoms with Gasteiger partial charge in [-0.2, -0.15) is 5.10 Å². The van der Waals surface area contributed by atoms with Crippen LogP contribution >= 0.6 is 0 Å². The van der Waals surface area contributed by atoms with Crippen molar-refractivity contribution >= 4 is 17.6 Å². The first-order chi connectivity index (χ1) is 15.0. The summed E-state index contributed by atoms with van der Waals surface area (Å²) in [6.45, 7) is 4.62. The predicted molar refractivity (Wildman–Crippen MR) is 118 cm³/mol. The molecule has 0 unspecified atom stereocenters. The van der Waals surface area contributed by atoms with Gasteiger partial charge in [0.15, 0.2) is 0 Å². The third-order valence-corrected chi connectivity index (χ3v) is 5.47. The Morgan fingerprint density at radius 3 is 2.55 bits per heavy atom. The molecule has 0 radical (unpaired) electrons. The quantitative estimate of drug-likeness (QED) is 0.643. The normalized spacial score (nSPS) is 17.6. The number of carbonyl (C=O) groups excluding carboxylic acids is 2. The van der Waals surface area contributed by atoms with E-state index in [9.17, 15) is 9.59 Å². The summed E-state index contributed by atoms with van der Waals surface area (Å²) in [6, 6.07) is 15.8. The molecule has 2 N–H and O–H groups in total. The number of carbonyl (C=O) groups is 2. The van der Waals surface area contributed by atoms with Crippen molar-refractivity contribution in [2.45, 2.75) is 32.2 Å². The molecule has 2 heterocycles. The molecule has 7 nitrogen and oxygen atoms in total. The number of aromatic nitrogens is 2. The van der Waals surface area contributed by atoms with Crippen LogP contribution in [0.2, 0.25) is 0 Å². The SMILES string of the molecule is CCCOc1ccc([C@@H]2c3c(C)nn(C)c3NC(=O)[C@H]2NC(=O)c2ccccc2)cc1. The number of nitrogens with zero attached hydrogens (tertiary/aromatic N) is 2.